The molecule has 392 valence electrons. The minimum atomic E-state index is -0.853. The Morgan fingerprint density at radius 2 is 1.04 bits per heavy atom. The Morgan fingerprint density at radius 1 is 0.616 bits per heavy atom. The highest BCUT2D eigenvalue weighted by atomic mass is 19.1. The highest BCUT2D eigenvalue weighted by molar-refractivity contribution is 5.88. The Hall–Kier alpha value is -6.60. The number of methoxy groups -OCH3 is 2. The summed E-state index contributed by atoms with van der Waals surface area (Å²) in [5.41, 5.74) is 1.95. The number of anilines is 2. The van der Waals surface area contributed by atoms with Crippen LogP contribution >= 0.6 is 0 Å². The number of H-pyrrole nitrogens is 2. The second-order valence-corrected chi connectivity index (χ2v) is 21.2. The predicted octanol–water partition coefficient (Wildman–Crippen LogP) is 9.65. The average Bonchev–Trinajstić information content (AvgIpc) is 4.20. The number of hydrogen-bond acceptors (Lipinski definition) is 10. The summed E-state index contributed by atoms with van der Waals surface area (Å²) in [7, 11) is 2.46. The zero-order valence-corrected chi connectivity index (χ0v) is 42.7. The zero-order chi connectivity index (χ0) is 52.2. The lowest BCUT2D eigenvalue weighted by Gasteiger charge is -2.38. The van der Waals surface area contributed by atoms with E-state index in [0.717, 1.165) is 6.42 Å². The SMILES string of the molecule is COC(=O)N[C@H](C(=O)N1CCC[C@H]1c1nc2cc(F)c(C3CC[C@H](c4cc5[nH]c([C@@H]6CCCN6C(=O)[C@@H](NC(=O)OC)C(C)C)nc5cc4F)N3c3cc(F)c(N4CC(C)CC(C)C4)c(F)c3)cc2[nH]1)C(C)C. The summed E-state index contributed by atoms with van der Waals surface area (Å²) in [6.45, 7) is 13.2. The van der Waals surface area contributed by atoms with Crippen molar-refractivity contribution in [1.29, 1.82) is 0 Å². The molecule has 0 aliphatic carbocycles. The van der Waals surface area contributed by atoms with E-state index < -0.39 is 71.7 Å². The van der Waals surface area contributed by atoms with Gasteiger partial charge in [-0.05, 0) is 92.9 Å². The lowest BCUT2D eigenvalue weighted by molar-refractivity contribution is -0.136. The molecule has 3 aromatic carbocycles. The summed E-state index contributed by atoms with van der Waals surface area (Å²) in [6, 6.07) is 4.05. The standard InChI is InChI=1S/C53H66F4N10O6/c1-26(2)45(62-52(70)72-7)50(68)65-15-9-11-43(65)48-58-37-20-31(33(54)22-39(37)60-48)41-13-14-42(67(41)30-18-35(56)47(36(57)19-30)64-24-28(5)17-29(6)25-64)32-21-38-40(23-34(32)55)61-49(59-38)44-12-10-16-66(44)51(69)46(27(3)4)63-53(71)73-8/h18-23,26-29,41-46H,9-17,24-25H2,1-8H3,(H,58,60)(H,59,61)(H,62,70)(H,63,71)/t28?,29?,41-,42?,43+,44+,45+,46+/m1/s1. The number of hydrogen-bond donors (Lipinski definition) is 4. The number of imidazole rings is 2. The van der Waals surface area contributed by atoms with Crippen molar-refractivity contribution in [3.63, 3.8) is 0 Å². The van der Waals surface area contributed by atoms with Gasteiger partial charge in [-0.15, -0.1) is 0 Å². The van der Waals surface area contributed by atoms with Gasteiger partial charge in [0.05, 0.1) is 60.5 Å². The number of halogens is 4. The van der Waals surface area contributed by atoms with E-state index in [0.29, 0.717) is 85.6 Å². The zero-order valence-electron chi connectivity index (χ0n) is 42.7. The van der Waals surface area contributed by atoms with Crippen molar-refractivity contribution < 1.29 is 46.2 Å². The number of aromatic nitrogens is 4. The Labute approximate surface area is 421 Å². The van der Waals surface area contributed by atoms with Crippen LogP contribution in [0.2, 0.25) is 0 Å². The third-order valence-electron chi connectivity index (χ3n) is 15.3. The van der Waals surface area contributed by atoms with E-state index in [2.05, 4.69) is 34.4 Å². The van der Waals surface area contributed by atoms with Crippen LogP contribution in [0.25, 0.3) is 22.1 Å². The van der Waals surface area contributed by atoms with Crippen LogP contribution in [0.1, 0.15) is 133 Å². The highest BCUT2D eigenvalue weighted by Gasteiger charge is 2.42. The fraction of sp³-hybridized carbons (Fsp3) is 0.547. The Morgan fingerprint density at radius 3 is 1.44 bits per heavy atom. The van der Waals surface area contributed by atoms with E-state index in [1.165, 1.54) is 38.5 Å². The molecule has 3 unspecified atom stereocenters. The fourth-order valence-electron chi connectivity index (χ4n) is 12.0. The number of piperidine rings is 1. The van der Waals surface area contributed by atoms with Crippen molar-refractivity contribution in [3.8, 4) is 0 Å². The van der Waals surface area contributed by atoms with Gasteiger partial charge in [-0.2, -0.15) is 0 Å². The lowest BCUT2D eigenvalue weighted by atomic mass is 9.91. The summed E-state index contributed by atoms with van der Waals surface area (Å²) in [5.74, 6) is -2.58. The Bertz CT molecular complexity index is 2720. The number of aromatic amines is 2. The van der Waals surface area contributed by atoms with Crippen LogP contribution in [0.5, 0.6) is 0 Å². The number of amides is 4. The molecule has 4 amide bonds. The molecule has 0 radical (unpaired) electrons. The van der Waals surface area contributed by atoms with Gasteiger partial charge in [0, 0.05) is 55.1 Å². The molecule has 4 aliphatic heterocycles. The number of carbonyl (C=O) groups excluding carboxylic acids is 4. The minimum Gasteiger partial charge on any atom is -0.453 e. The molecule has 16 nitrogen and oxygen atoms in total. The number of benzene rings is 3. The molecule has 8 atom stereocenters. The molecule has 4 fully saturated rings. The van der Waals surface area contributed by atoms with Gasteiger partial charge >= 0.3 is 12.2 Å². The van der Waals surface area contributed by atoms with E-state index in [-0.39, 0.29) is 70.8 Å². The third-order valence-corrected chi connectivity index (χ3v) is 15.3. The van der Waals surface area contributed by atoms with Gasteiger partial charge in [-0.25, -0.2) is 37.1 Å². The maximum atomic E-state index is 16.9. The first-order valence-corrected chi connectivity index (χ1v) is 25.6. The summed E-state index contributed by atoms with van der Waals surface area (Å²) in [5, 5.41) is 5.30. The molecular formula is C53H66F4N10O6. The number of nitrogens with zero attached hydrogens (tertiary/aromatic N) is 6. The fourth-order valence-corrected chi connectivity index (χ4v) is 12.0. The quantitative estimate of drug-likeness (QED) is 0.0879. The van der Waals surface area contributed by atoms with Crippen molar-refractivity contribution in [1.82, 2.24) is 40.4 Å². The molecule has 2 aromatic heterocycles. The third kappa shape index (κ3) is 9.97. The number of nitrogens with one attached hydrogen (secondary N) is 4. The topological polar surface area (TPSA) is 181 Å². The smallest absolute Gasteiger partial charge is 0.407 e. The summed E-state index contributed by atoms with van der Waals surface area (Å²) >= 11 is 0. The molecule has 4 saturated heterocycles. The summed E-state index contributed by atoms with van der Waals surface area (Å²) < 4.78 is 76.7. The highest BCUT2D eigenvalue weighted by Crippen LogP contribution is 2.50. The number of ether oxygens (including phenoxy) is 2. The van der Waals surface area contributed by atoms with Gasteiger partial charge in [-0.3, -0.25) is 9.59 Å². The maximum Gasteiger partial charge on any atom is 0.407 e. The van der Waals surface area contributed by atoms with E-state index >= 15 is 17.6 Å². The normalized spacial score (nSPS) is 23.3. The van der Waals surface area contributed by atoms with Gasteiger partial charge in [0.15, 0.2) is 11.6 Å². The first kappa shape index (κ1) is 51.3. The first-order chi connectivity index (χ1) is 34.8. The van der Waals surface area contributed by atoms with Gasteiger partial charge in [0.25, 0.3) is 0 Å². The molecule has 0 bridgehead atoms. The molecule has 6 heterocycles. The van der Waals surface area contributed by atoms with Crippen molar-refractivity contribution in [3.05, 3.63) is 82.4 Å². The van der Waals surface area contributed by atoms with Gasteiger partial charge in [0.2, 0.25) is 11.8 Å². The van der Waals surface area contributed by atoms with Crippen molar-refractivity contribution in [2.45, 2.75) is 123 Å². The number of carbonyl (C=O) groups is 4. The largest absolute Gasteiger partial charge is 0.453 e. The minimum absolute atomic E-state index is 0.111. The van der Waals surface area contributed by atoms with Crippen molar-refractivity contribution in [2.24, 2.45) is 23.7 Å². The summed E-state index contributed by atoms with van der Waals surface area (Å²) in [6.07, 6.45) is 2.52. The van der Waals surface area contributed by atoms with Gasteiger partial charge < -0.3 is 49.7 Å². The van der Waals surface area contributed by atoms with Crippen LogP contribution in [0.3, 0.4) is 0 Å². The van der Waals surface area contributed by atoms with Crippen LogP contribution in [-0.2, 0) is 19.1 Å². The van der Waals surface area contributed by atoms with Gasteiger partial charge in [0.1, 0.15) is 41.1 Å². The maximum absolute atomic E-state index is 16.9. The average molecular weight is 1020 g/mol. The molecular weight excluding hydrogens is 949 g/mol. The van der Waals surface area contributed by atoms with Crippen LogP contribution < -0.4 is 20.4 Å². The number of fused-ring (bicyclic) bond motifs is 2. The first-order valence-electron chi connectivity index (χ1n) is 25.6. The summed E-state index contributed by atoms with van der Waals surface area (Å²) in [4.78, 5) is 75.2. The lowest BCUT2D eigenvalue weighted by Crippen LogP contribution is -2.51. The second kappa shape index (κ2) is 20.7. The molecule has 73 heavy (non-hydrogen) atoms. The second-order valence-electron chi connectivity index (χ2n) is 21.2. The number of rotatable bonds is 12. The molecule has 0 spiro atoms. The molecule has 4 N–H and O–H groups in total. The number of likely N-dealkylation sites (tertiary alicyclic amines) is 2. The molecule has 0 saturated carbocycles. The van der Waals surface area contributed by atoms with Crippen molar-refractivity contribution in [2.75, 3.05) is 50.2 Å². The van der Waals surface area contributed by atoms with E-state index in [1.807, 2.05) is 27.7 Å². The van der Waals surface area contributed by atoms with Crippen LogP contribution in [0.4, 0.5) is 38.5 Å². The van der Waals surface area contributed by atoms with E-state index in [4.69, 9.17) is 19.4 Å². The Kier molecular flexibility index (Phi) is 14.6. The van der Waals surface area contributed by atoms with Gasteiger partial charge in [-0.1, -0.05) is 41.5 Å². The molecule has 9 rings (SSSR count). The van der Waals surface area contributed by atoms with Crippen molar-refractivity contribution >= 4 is 57.4 Å². The van der Waals surface area contributed by atoms with Crippen LogP contribution in [0.15, 0.2) is 36.4 Å². The Balaban J connectivity index is 1.08. The number of alkyl carbamates (subject to hydrolysis) is 2. The molecule has 20 heteroatoms. The molecule has 5 aromatic rings. The predicted molar refractivity (Wildman–Crippen MR) is 267 cm³/mol. The van der Waals surface area contributed by atoms with Crippen LogP contribution in [-0.4, -0.2) is 106 Å². The van der Waals surface area contributed by atoms with Crippen LogP contribution in [0, 0.1) is 46.9 Å². The monoisotopic (exact) mass is 1010 g/mol. The van der Waals surface area contributed by atoms with E-state index in [9.17, 15) is 19.2 Å². The van der Waals surface area contributed by atoms with E-state index in [1.54, 1.807) is 31.7 Å². The molecule has 4 aliphatic rings.